The summed E-state index contributed by atoms with van der Waals surface area (Å²) in [5.41, 5.74) is 6.08. The third-order valence-electron chi connectivity index (χ3n) is 6.09. The highest BCUT2D eigenvalue weighted by atomic mass is 16.5. The Kier molecular flexibility index (Phi) is 6.36. The third kappa shape index (κ3) is 4.50. The molecule has 176 valence electrons. The zero-order valence-corrected chi connectivity index (χ0v) is 19.2. The number of fused-ring (bicyclic) bond motifs is 3. The number of alkyl carbamates (subject to hydrolysis) is 1. The Balaban J connectivity index is 1.45. The molecule has 0 saturated carbocycles. The highest BCUT2D eigenvalue weighted by Gasteiger charge is 2.30. The molecule has 9 heteroatoms. The monoisotopic (exact) mass is 462 g/mol. The number of ether oxygens (including phenoxy) is 1. The van der Waals surface area contributed by atoms with E-state index < -0.39 is 30.4 Å². The number of hydrogen-bond acceptors (Lipinski definition) is 5. The topological polar surface area (TPSA) is 123 Å². The van der Waals surface area contributed by atoms with Gasteiger partial charge >= 0.3 is 12.1 Å². The molecule has 1 unspecified atom stereocenters. The number of aryl methyl sites for hydroxylation is 2. The summed E-state index contributed by atoms with van der Waals surface area (Å²) < 4.78 is 7.07. The van der Waals surface area contributed by atoms with Crippen molar-refractivity contribution in [1.29, 1.82) is 0 Å². The SMILES string of the molecule is Cc1nn(C)c(C)c1NC(=O)C(CC(=O)O)NC(=O)OCC1c2ccccc2-c2ccccc21. The van der Waals surface area contributed by atoms with E-state index in [4.69, 9.17) is 4.74 Å². The second-order valence-electron chi connectivity index (χ2n) is 8.28. The van der Waals surface area contributed by atoms with Crippen LogP contribution >= 0.6 is 0 Å². The van der Waals surface area contributed by atoms with Crippen molar-refractivity contribution < 1.29 is 24.2 Å². The molecular formula is C25H26N4O5. The van der Waals surface area contributed by atoms with E-state index in [0.29, 0.717) is 17.1 Å². The summed E-state index contributed by atoms with van der Waals surface area (Å²) in [6, 6.07) is 14.6. The predicted octanol–water partition coefficient (Wildman–Crippen LogP) is 3.36. The van der Waals surface area contributed by atoms with Crippen LogP contribution in [0.2, 0.25) is 0 Å². The third-order valence-corrected chi connectivity index (χ3v) is 6.09. The van der Waals surface area contributed by atoms with E-state index in [1.807, 2.05) is 48.5 Å². The molecule has 0 fully saturated rings. The van der Waals surface area contributed by atoms with E-state index in [0.717, 1.165) is 22.3 Å². The lowest BCUT2D eigenvalue weighted by Crippen LogP contribution is -2.45. The number of nitrogens with zero attached hydrogens (tertiary/aromatic N) is 2. The number of rotatable bonds is 7. The largest absolute Gasteiger partial charge is 0.481 e. The van der Waals surface area contributed by atoms with Gasteiger partial charge in [0.1, 0.15) is 12.6 Å². The van der Waals surface area contributed by atoms with Crippen LogP contribution in [0.15, 0.2) is 48.5 Å². The maximum Gasteiger partial charge on any atom is 0.407 e. The molecule has 2 aromatic carbocycles. The lowest BCUT2D eigenvalue weighted by atomic mass is 9.98. The van der Waals surface area contributed by atoms with Crippen LogP contribution in [0.25, 0.3) is 11.1 Å². The van der Waals surface area contributed by atoms with E-state index in [9.17, 15) is 19.5 Å². The molecule has 3 N–H and O–H groups in total. The number of carboxylic acid groups (broad SMARTS) is 1. The molecular weight excluding hydrogens is 436 g/mol. The minimum atomic E-state index is -1.31. The quantitative estimate of drug-likeness (QED) is 0.495. The normalized spacial score (nSPS) is 13.0. The summed E-state index contributed by atoms with van der Waals surface area (Å²) in [6.45, 7) is 3.57. The van der Waals surface area contributed by atoms with Crippen LogP contribution in [-0.2, 0) is 21.4 Å². The fraction of sp³-hybridized carbons (Fsp3) is 0.280. The van der Waals surface area contributed by atoms with Gasteiger partial charge < -0.3 is 20.5 Å². The highest BCUT2D eigenvalue weighted by Crippen LogP contribution is 2.44. The maximum absolute atomic E-state index is 12.8. The van der Waals surface area contributed by atoms with Crippen molar-refractivity contribution in [2.75, 3.05) is 11.9 Å². The molecule has 0 saturated heterocycles. The summed E-state index contributed by atoms with van der Waals surface area (Å²) in [4.78, 5) is 36.7. The number of aliphatic carboxylic acids is 1. The van der Waals surface area contributed by atoms with Gasteiger partial charge in [-0.15, -0.1) is 0 Å². The summed E-state index contributed by atoms with van der Waals surface area (Å²) in [6.07, 6.45) is -1.45. The average molecular weight is 463 g/mol. The Morgan fingerprint density at radius 1 is 1.06 bits per heavy atom. The van der Waals surface area contributed by atoms with Gasteiger partial charge in [0.15, 0.2) is 0 Å². The average Bonchev–Trinajstić information content (AvgIpc) is 3.25. The molecule has 1 aliphatic carbocycles. The summed E-state index contributed by atoms with van der Waals surface area (Å²) in [7, 11) is 1.74. The number of amides is 2. The van der Waals surface area contributed by atoms with Gasteiger partial charge in [-0.1, -0.05) is 48.5 Å². The summed E-state index contributed by atoms with van der Waals surface area (Å²) >= 11 is 0. The van der Waals surface area contributed by atoms with Gasteiger partial charge in [-0.2, -0.15) is 5.10 Å². The van der Waals surface area contributed by atoms with Crippen molar-refractivity contribution in [2.45, 2.75) is 32.2 Å². The van der Waals surface area contributed by atoms with Crippen LogP contribution < -0.4 is 10.6 Å². The molecule has 1 aliphatic rings. The Labute approximate surface area is 196 Å². The molecule has 1 heterocycles. The molecule has 0 aliphatic heterocycles. The smallest absolute Gasteiger partial charge is 0.407 e. The van der Waals surface area contributed by atoms with E-state index in [-0.39, 0.29) is 12.5 Å². The van der Waals surface area contributed by atoms with Crippen molar-refractivity contribution >= 4 is 23.7 Å². The van der Waals surface area contributed by atoms with Crippen molar-refractivity contribution in [1.82, 2.24) is 15.1 Å². The van der Waals surface area contributed by atoms with Gasteiger partial charge in [-0.25, -0.2) is 4.79 Å². The van der Waals surface area contributed by atoms with Gasteiger partial charge in [-0.3, -0.25) is 14.3 Å². The lowest BCUT2D eigenvalue weighted by Gasteiger charge is -2.19. The summed E-state index contributed by atoms with van der Waals surface area (Å²) in [5.74, 6) is -2.03. The van der Waals surface area contributed by atoms with Crippen molar-refractivity contribution in [2.24, 2.45) is 7.05 Å². The second-order valence-corrected chi connectivity index (χ2v) is 8.28. The zero-order valence-electron chi connectivity index (χ0n) is 19.2. The minimum Gasteiger partial charge on any atom is -0.481 e. The number of carbonyl (C=O) groups is 3. The fourth-order valence-corrected chi connectivity index (χ4v) is 4.33. The molecule has 1 atom stereocenters. The fourth-order valence-electron chi connectivity index (χ4n) is 4.33. The number of anilines is 1. The van der Waals surface area contributed by atoms with Gasteiger partial charge in [0, 0.05) is 13.0 Å². The van der Waals surface area contributed by atoms with Crippen LogP contribution in [0.5, 0.6) is 0 Å². The number of aromatic nitrogens is 2. The molecule has 4 rings (SSSR count). The van der Waals surface area contributed by atoms with E-state index >= 15 is 0 Å². The first-order valence-corrected chi connectivity index (χ1v) is 10.9. The molecule has 3 aromatic rings. The minimum absolute atomic E-state index is 0.0576. The Hall–Kier alpha value is -4.14. The first-order valence-electron chi connectivity index (χ1n) is 10.9. The predicted molar refractivity (Wildman–Crippen MR) is 126 cm³/mol. The number of nitrogens with one attached hydrogen (secondary N) is 2. The lowest BCUT2D eigenvalue weighted by molar-refractivity contribution is -0.139. The molecule has 2 amide bonds. The number of benzene rings is 2. The van der Waals surface area contributed by atoms with Crippen molar-refractivity contribution in [3.63, 3.8) is 0 Å². The Morgan fingerprint density at radius 2 is 1.65 bits per heavy atom. The maximum atomic E-state index is 12.8. The first-order chi connectivity index (χ1) is 16.3. The van der Waals surface area contributed by atoms with Crippen LogP contribution in [-0.4, -0.2) is 45.5 Å². The molecule has 9 nitrogen and oxygen atoms in total. The number of hydrogen-bond donors (Lipinski definition) is 3. The first kappa shape index (κ1) is 23.0. The van der Waals surface area contributed by atoms with Gasteiger partial charge in [0.05, 0.1) is 23.5 Å². The van der Waals surface area contributed by atoms with Crippen molar-refractivity contribution in [3.8, 4) is 11.1 Å². The van der Waals surface area contributed by atoms with Crippen LogP contribution in [0.1, 0.15) is 34.9 Å². The second kappa shape index (κ2) is 9.38. The van der Waals surface area contributed by atoms with E-state index in [1.54, 1.807) is 25.6 Å². The number of carbonyl (C=O) groups excluding carboxylic acids is 2. The van der Waals surface area contributed by atoms with Crippen LogP contribution in [0.4, 0.5) is 10.5 Å². The zero-order chi connectivity index (χ0) is 24.4. The molecule has 0 spiro atoms. The van der Waals surface area contributed by atoms with Gasteiger partial charge in [0.2, 0.25) is 5.91 Å². The van der Waals surface area contributed by atoms with E-state index in [1.165, 1.54) is 0 Å². The Bertz CT molecular complexity index is 1220. The highest BCUT2D eigenvalue weighted by molar-refractivity contribution is 5.99. The Morgan fingerprint density at radius 3 is 2.18 bits per heavy atom. The summed E-state index contributed by atoms with van der Waals surface area (Å²) in [5, 5.41) is 18.6. The standard InChI is InChI=1S/C25H26N4O5/c1-14-23(15(2)29(3)28-14)27-24(32)21(12-22(30)31)26-25(33)34-13-20-18-10-6-4-8-16(18)17-9-5-7-11-19(17)20/h4-11,20-21H,12-13H2,1-3H3,(H,26,33)(H,27,32)(H,30,31). The molecule has 0 bridgehead atoms. The molecule has 1 aromatic heterocycles. The van der Waals surface area contributed by atoms with Crippen LogP contribution in [0.3, 0.4) is 0 Å². The molecule has 34 heavy (non-hydrogen) atoms. The van der Waals surface area contributed by atoms with Crippen molar-refractivity contribution in [3.05, 3.63) is 71.0 Å². The molecule has 0 radical (unpaired) electrons. The number of carboxylic acids is 1. The van der Waals surface area contributed by atoms with Crippen LogP contribution in [0, 0.1) is 13.8 Å². The van der Waals surface area contributed by atoms with E-state index in [2.05, 4.69) is 15.7 Å². The van der Waals surface area contributed by atoms with Gasteiger partial charge in [-0.05, 0) is 36.1 Å². The van der Waals surface area contributed by atoms with Gasteiger partial charge in [0.25, 0.3) is 0 Å².